The fraction of sp³-hybridized carbons (Fsp3) is 0.353. The average molecular weight is 442 g/mol. The quantitative estimate of drug-likeness (QED) is 0.762. The van der Waals surface area contributed by atoms with Crippen molar-refractivity contribution in [1.82, 2.24) is 9.29 Å². The molecule has 0 saturated carbocycles. The molecule has 26 heavy (non-hydrogen) atoms. The maximum atomic E-state index is 13.0. The minimum atomic E-state index is -3.68. The van der Waals surface area contributed by atoms with Gasteiger partial charge in [0.05, 0.1) is 13.2 Å². The smallest absolute Gasteiger partial charge is 0.272 e. The van der Waals surface area contributed by atoms with Crippen molar-refractivity contribution >= 4 is 37.5 Å². The maximum absolute atomic E-state index is 13.0. The summed E-state index contributed by atoms with van der Waals surface area (Å²) in [5.41, 5.74) is 1.73. The number of morpholine rings is 1. The molecule has 1 aromatic heterocycles. The number of hydrogen-bond donors (Lipinski definition) is 2. The lowest BCUT2D eigenvalue weighted by atomic mass is 10.2. The first-order valence-electron chi connectivity index (χ1n) is 8.14. The van der Waals surface area contributed by atoms with Gasteiger partial charge in [-0.3, -0.25) is 4.79 Å². The van der Waals surface area contributed by atoms with Crippen LogP contribution in [0.5, 0.6) is 0 Å². The van der Waals surface area contributed by atoms with Crippen LogP contribution in [0.1, 0.15) is 21.7 Å². The number of H-pyrrole nitrogens is 1. The molecule has 3 rings (SSSR count). The summed E-state index contributed by atoms with van der Waals surface area (Å²) in [6.07, 6.45) is 0. The van der Waals surface area contributed by atoms with E-state index in [9.17, 15) is 13.2 Å². The Hall–Kier alpha value is -1.68. The molecule has 140 valence electrons. The second-order valence-corrected chi connectivity index (χ2v) is 8.85. The Morgan fingerprint density at radius 1 is 1.27 bits per heavy atom. The standard InChI is InChI=1S/C17H20BrN3O4S/c1-11-15(17(22)20-14-5-3-4-13(18)10-14)19-12(2)16(11)26(23,24)21-6-8-25-9-7-21/h3-5,10,19H,6-9H2,1-2H3,(H,20,22). The Morgan fingerprint density at radius 2 is 1.96 bits per heavy atom. The number of carbonyl (C=O) groups excluding carboxylic acids is 1. The predicted molar refractivity (Wildman–Crippen MR) is 102 cm³/mol. The SMILES string of the molecule is Cc1[nH]c(C(=O)Nc2cccc(Br)c2)c(C)c1S(=O)(=O)N1CCOCC1. The second kappa shape index (κ2) is 7.51. The summed E-state index contributed by atoms with van der Waals surface area (Å²) in [5.74, 6) is -0.382. The van der Waals surface area contributed by atoms with Crippen LogP contribution in [-0.2, 0) is 14.8 Å². The lowest BCUT2D eigenvalue weighted by Gasteiger charge is -2.26. The first-order chi connectivity index (χ1) is 12.3. The summed E-state index contributed by atoms with van der Waals surface area (Å²) >= 11 is 3.35. The lowest BCUT2D eigenvalue weighted by Crippen LogP contribution is -2.40. The van der Waals surface area contributed by atoms with Crippen molar-refractivity contribution in [2.24, 2.45) is 0 Å². The van der Waals surface area contributed by atoms with Gasteiger partial charge in [0.1, 0.15) is 10.6 Å². The van der Waals surface area contributed by atoms with Gasteiger partial charge in [-0.05, 0) is 37.6 Å². The van der Waals surface area contributed by atoms with Crippen LogP contribution in [0.4, 0.5) is 5.69 Å². The van der Waals surface area contributed by atoms with Crippen molar-refractivity contribution < 1.29 is 17.9 Å². The second-order valence-electron chi connectivity index (χ2n) is 6.06. The average Bonchev–Trinajstić information content (AvgIpc) is 2.91. The maximum Gasteiger partial charge on any atom is 0.272 e. The molecule has 1 aliphatic heterocycles. The van der Waals surface area contributed by atoms with E-state index < -0.39 is 10.0 Å². The third-order valence-corrected chi connectivity index (χ3v) is 6.91. The summed E-state index contributed by atoms with van der Waals surface area (Å²) in [6.45, 7) is 4.68. The molecule has 0 radical (unpaired) electrons. The van der Waals surface area contributed by atoms with Gasteiger partial charge < -0.3 is 15.0 Å². The Bertz CT molecular complexity index is 933. The number of ether oxygens (including phenoxy) is 1. The molecular weight excluding hydrogens is 422 g/mol. The number of halogens is 1. The molecule has 2 aromatic rings. The topological polar surface area (TPSA) is 91.5 Å². The number of amides is 1. The van der Waals surface area contributed by atoms with Crippen LogP contribution in [-0.4, -0.2) is 49.9 Å². The van der Waals surface area contributed by atoms with Crippen LogP contribution in [0.2, 0.25) is 0 Å². The van der Waals surface area contributed by atoms with Gasteiger partial charge in [0.2, 0.25) is 10.0 Å². The number of nitrogens with one attached hydrogen (secondary N) is 2. The zero-order valence-corrected chi connectivity index (χ0v) is 16.9. The number of anilines is 1. The number of aromatic amines is 1. The number of aromatic nitrogens is 1. The van der Waals surface area contributed by atoms with E-state index in [4.69, 9.17) is 4.74 Å². The van der Waals surface area contributed by atoms with E-state index in [0.717, 1.165) is 4.47 Å². The summed E-state index contributed by atoms with van der Waals surface area (Å²) in [4.78, 5) is 15.7. The molecule has 1 aliphatic rings. The van der Waals surface area contributed by atoms with Gasteiger partial charge in [0.15, 0.2) is 0 Å². The Labute approximate surface area is 160 Å². The van der Waals surface area contributed by atoms with Gasteiger partial charge in [-0.25, -0.2) is 8.42 Å². The van der Waals surface area contributed by atoms with Crippen LogP contribution in [0, 0.1) is 13.8 Å². The minimum absolute atomic E-state index is 0.166. The molecule has 0 unspecified atom stereocenters. The van der Waals surface area contributed by atoms with Gasteiger partial charge in [0.25, 0.3) is 5.91 Å². The van der Waals surface area contributed by atoms with E-state index in [1.165, 1.54) is 4.31 Å². The van der Waals surface area contributed by atoms with Gasteiger partial charge in [0, 0.05) is 28.9 Å². The molecular formula is C17H20BrN3O4S. The van der Waals surface area contributed by atoms with Crippen LogP contribution < -0.4 is 5.32 Å². The number of carbonyl (C=O) groups is 1. The van der Waals surface area contributed by atoms with E-state index in [1.807, 2.05) is 6.07 Å². The number of sulfonamides is 1. The van der Waals surface area contributed by atoms with Crippen LogP contribution in [0.15, 0.2) is 33.6 Å². The van der Waals surface area contributed by atoms with Gasteiger partial charge in [-0.1, -0.05) is 22.0 Å². The Morgan fingerprint density at radius 3 is 2.62 bits per heavy atom. The highest BCUT2D eigenvalue weighted by atomic mass is 79.9. The zero-order chi connectivity index (χ0) is 18.9. The molecule has 2 heterocycles. The molecule has 0 spiro atoms. The van der Waals surface area contributed by atoms with E-state index >= 15 is 0 Å². The molecule has 0 atom stereocenters. The van der Waals surface area contributed by atoms with E-state index in [0.29, 0.717) is 43.2 Å². The third-order valence-electron chi connectivity index (χ3n) is 4.25. The molecule has 1 aromatic carbocycles. The van der Waals surface area contributed by atoms with Crippen molar-refractivity contribution in [2.75, 3.05) is 31.6 Å². The van der Waals surface area contributed by atoms with Gasteiger partial charge in [-0.2, -0.15) is 4.31 Å². The van der Waals surface area contributed by atoms with Gasteiger partial charge >= 0.3 is 0 Å². The van der Waals surface area contributed by atoms with E-state index in [1.54, 1.807) is 32.0 Å². The normalized spacial score (nSPS) is 15.8. The predicted octanol–water partition coefficient (Wildman–Crippen LogP) is 2.67. The summed E-state index contributed by atoms with van der Waals surface area (Å²) in [7, 11) is -3.68. The van der Waals surface area contributed by atoms with Crippen LogP contribution >= 0.6 is 15.9 Å². The highest BCUT2D eigenvalue weighted by molar-refractivity contribution is 9.10. The summed E-state index contributed by atoms with van der Waals surface area (Å²) in [6, 6.07) is 7.20. The van der Waals surface area contributed by atoms with E-state index in [-0.39, 0.29) is 16.5 Å². The molecule has 2 N–H and O–H groups in total. The Balaban J connectivity index is 1.91. The van der Waals surface area contributed by atoms with Crippen molar-refractivity contribution in [3.8, 4) is 0 Å². The first kappa shape index (κ1) is 19.1. The largest absolute Gasteiger partial charge is 0.379 e. The summed E-state index contributed by atoms with van der Waals surface area (Å²) < 4.78 is 33.4. The van der Waals surface area contributed by atoms with Crippen molar-refractivity contribution in [3.05, 3.63) is 45.7 Å². The van der Waals surface area contributed by atoms with E-state index in [2.05, 4.69) is 26.2 Å². The fourth-order valence-corrected chi connectivity index (χ4v) is 5.24. The highest BCUT2D eigenvalue weighted by Gasteiger charge is 2.32. The first-order valence-corrected chi connectivity index (χ1v) is 10.4. The van der Waals surface area contributed by atoms with Crippen LogP contribution in [0.3, 0.4) is 0 Å². The summed E-state index contributed by atoms with van der Waals surface area (Å²) in [5, 5.41) is 2.78. The number of benzene rings is 1. The Kier molecular flexibility index (Phi) is 5.52. The highest BCUT2D eigenvalue weighted by Crippen LogP contribution is 2.27. The molecule has 1 fully saturated rings. The minimum Gasteiger partial charge on any atom is -0.379 e. The monoisotopic (exact) mass is 441 g/mol. The fourth-order valence-electron chi connectivity index (χ4n) is 3.02. The zero-order valence-electron chi connectivity index (χ0n) is 14.5. The van der Waals surface area contributed by atoms with Crippen molar-refractivity contribution in [3.63, 3.8) is 0 Å². The molecule has 7 nitrogen and oxygen atoms in total. The number of rotatable bonds is 4. The van der Waals surface area contributed by atoms with Crippen molar-refractivity contribution in [2.45, 2.75) is 18.7 Å². The number of aryl methyl sites for hydroxylation is 1. The number of nitrogens with zero attached hydrogens (tertiary/aromatic N) is 1. The van der Waals surface area contributed by atoms with Crippen molar-refractivity contribution in [1.29, 1.82) is 0 Å². The number of hydrogen-bond acceptors (Lipinski definition) is 4. The third kappa shape index (κ3) is 3.71. The lowest BCUT2D eigenvalue weighted by molar-refractivity contribution is 0.0730. The van der Waals surface area contributed by atoms with Crippen LogP contribution in [0.25, 0.3) is 0 Å². The van der Waals surface area contributed by atoms with Gasteiger partial charge in [-0.15, -0.1) is 0 Å². The molecule has 1 amide bonds. The molecule has 0 aliphatic carbocycles. The molecule has 0 bridgehead atoms. The molecule has 1 saturated heterocycles. The molecule has 9 heteroatoms.